The van der Waals surface area contributed by atoms with E-state index < -0.39 is 22.8 Å². The summed E-state index contributed by atoms with van der Waals surface area (Å²) in [5.74, 6) is 1.07. The number of amides is 1. The third kappa shape index (κ3) is 3.31. The Bertz CT molecular complexity index is 803. The molecule has 4 nitrogen and oxygen atoms in total. The van der Waals surface area contributed by atoms with Crippen LogP contribution in [0.5, 0.6) is 0 Å². The van der Waals surface area contributed by atoms with Gasteiger partial charge in [0.25, 0.3) is 0 Å². The van der Waals surface area contributed by atoms with Crippen molar-refractivity contribution in [2.75, 3.05) is 31.1 Å². The molecule has 0 radical (unpaired) electrons. The fourth-order valence-electron chi connectivity index (χ4n) is 6.85. The summed E-state index contributed by atoms with van der Waals surface area (Å²) in [4.78, 5) is 17.3. The minimum Gasteiger partial charge on any atom is -0.390 e. The van der Waals surface area contributed by atoms with Crippen molar-refractivity contribution in [3.63, 3.8) is 0 Å². The number of carbonyl (C=O) groups is 1. The first-order valence-electron chi connectivity index (χ1n) is 10.6. The van der Waals surface area contributed by atoms with E-state index >= 15 is 0 Å². The Morgan fingerprint density at radius 2 is 1.69 bits per heavy atom. The molecule has 4 saturated carbocycles. The summed E-state index contributed by atoms with van der Waals surface area (Å²) in [5.41, 5.74) is -1.18. The molecule has 5 aliphatic rings. The first-order valence-corrected chi connectivity index (χ1v) is 10.6. The quantitative estimate of drug-likeness (QED) is 0.812. The third-order valence-electron chi connectivity index (χ3n) is 7.59. The maximum Gasteiger partial charge on any atom is 0.416 e. The number of aliphatic hydroxyl groups is 1. The summed E-state index contributed by atoms with van der Waals surface area (Å²) < 4.78 is 39.0. The van der Waals surface area contributed by atoms with Gasteiger partial charge < -0.3 is 14.9 Å². The lowest BCUT2D eigenvalue weighted by Gasteiger charge is -2.60. The van der Waals surface area contributed by atoms with Crippen LogP contribution in [0.1, 0.15) is 44.1 Å². The monoisotopic (exact) mass is 408 g/mol. The van der Waals surface area contributed by atoms with Gasteiger partial charge in [-0.3, -0.25) is 4.79 Å². The molecule has 1 amide bonds. The fourth-order valence-corrected chi connectivity index (χ4v) is 6.85. The van der Waals surface area contributed by atoms with E-state index in [9.17, 15) is 23.1 Å². The molecule has 1 saturated heterocycles. The predicted molar refractivity (Wildman–Crippen MR) is 102 cm³/mol. The molecule has 6 rings (SSSR count). The summed E-state index contributed by atoms with van der Waals surface area (Å²) in [6.45, 7) is 2.09. The molecule has 0 spiro atoms. The van der Waals surface area contributed by atoms with Gasteiger partial charge in [0.05, 0.1) is 16.6 Å². The second-order valence-electron chi connectivity index (χ2n) is 9.79. The Morgan fingerprint density at radius 1 is 1.03 bits per heavy atom. The van der Waals surface area contributed by atoms with E-state index in [4.69, 9.17) is 0 Å². The van der Waals surface area contributed by atoms with Crippen LogP contribution in [-0.2, 0) is 11.0 Å². The van der Waals surface area contributed by atoms with Gasteiger partial charge in [-0.05, 0) is 68.6 Å². The number of benzene rings is 1. The number of carbonyl (C=O) groups excluding carboxylic acids is 1. The van der Waals surface area contributed by atoms with E-state index in [1.807, 2.05) is 9.80 Å². The van der Waals surface area contributed by atoms with E-state index in [-0.39, 0.29) is 5.91 Å². The van der Waals surface area contributed by atoms with Gasteiger partial charge in [0.2, 0.25) is 5.91 Å². The molecule has 2 unspecified atom stereocenters. The van der Waals surface area contributed by atoms with Crippen LogP contribution in [0.2, 0.25) is 0 Å². The Morgan fingerprint density at radius 3 is 2.28 bits per heavy atom. The summed E-state index contributed by atoms with van der Waals surface area (Å²) >= 11 is 0. The number of piperazine rings is 1. The van der Waals surface area contributed by atoms with Crippen LogP contribution in [0.3, 0.4) is 0 Å². The van der Waals surface area contributed by atoms with Gasteiger partial charge in [0.1, 0.15) is 0 Å². The van der Waals surface area contributed by atoms with Crippen molar-refractivity contribution in [2.24, 2.45) is 17.3 Å². The largest absolute Gasteiger partial charge is 0.416 e. The number of alkyl halides is 3. The molecule has 1 aromatic rings. The molecule has 5 fully saturated rings. The van der Waals surface area contributed by atoms with Gasteiger partial charge in [0, 0.05) is 31.9 Å². The molecule has 1 N–H and O–H groups in total. The molecule has 1 heterocycles. The van der Waals surface area contributed by atoms with Crippen LogP contribution < -0.4 is 4.90 Å². The van der Waals surface area contributed by atoms with E-state index in [1.165, 1.54) is 12.1 Å². The highest BCUT2D eigenvalue weighted by Crippen LogP contribution is 2.62. The molecule has 158 valence electrons. The first-order chi connectivity index (χ1) is 13.7. The molecule has 7 heteroatoms. The summed E-state index contributed by atoms with van der Waals surface area (Å²) in [6, 6.07) is 5.40. The smallest absolute Gasteiger partial charge is 0.390 e. The number of halogens is 3. The highest BCUT2D eigenvalue weighted by molar-refractivity contribution is 5.84. The van der Waals surface area contributed by atoms with Gasteiger partial charge in [-0.15, -0.1) is 0 Å². The van der Waals surface area contributed by atoms with Crippen LogP contribution in [0, 0.1) is 17.3 Å². The number of rotatable bonds is 2. The molecule has 29 heavy (non-hydrogen) atoms. The maximum absolute atomic E-state index is 13.5. The Labute approximate surface area is 168 Å². The Balaban J connectivity index is 1.27. The normalized spacial score (nSPS) is 36.6. The van der Waals surface area contributed by atoms with Crippen LogP contribution in [0.15, 0.2) is 24.3 Å². The lowest BCUT2D eigenvalue weighted by Crippen LogP contribution is -2.62. The molecule has 1 aromatic carbocycles. The van der Waals surface area contributed by atoms with Gasteiger partial charge in [-0.2, -0.15) is 13.2 Å². The van der Waals surface area contributed by atoms with Crippen molar-refractivity contribution in [1.29, 1.82) is 0 Å². The molecule has 4 bridgehead atoms. The number of nitrogens with zero attached hydrogens (tertiary/aromatic N) is 2. The van der Waals surface area contributed by atoms with Gasteiger partial charge in [-0.1, -0.05) is 6.07 Å². The van der Waals surface area contributed by atoms with Crippen molar-refractivity contribution >= 4 is 11.6 Å². The highest BCUT2D eigenvalue weighted by atomic mass is 19.4. The van der Waals surface area contributed by atoms with Crippen LogP contribution >= 0.6 is 0 Å². The minimum atomic E-state index is -4.35. The van der Waals surface area contributed by atoms with E-state index in [0.29, 0.717) is 50.1 Å². The van der Waals surface area contributed by atoms with Crippen molar-refractivity contribution in [3.8, 4) is 0 Å². The molecular weight excluding hydrogens is 381 g/mol. The predicted octanol–water partition coefficient (Wildman–Crippen LogP) is 3.69. The van der Waals surface area contributed by atoms with Gasteiger partial charge >= 0.3 is 6.18 Å². The van der Waals surface area contributed by atoms with Crippen molar-refractivity contribution in [1.82, 2.24) is 4.90 Å². The second-order valence-corrected chi connectivity index (χ2v) is 9.79. The Hall–Kier alpha value is -1.76. The molecule has 4 atom stereocenters. The zero-order valence-corrected chi connectivity index (χ0v) is 16.4. The first kappa shape index (κ1) is 19.2. The molecule has 1 aliphatic heterocycles. The standard InChI is InChI=1S/C22H27F3N2O2/c23-22(24,25)17-2-1-3-18(9-17)26-4-6-27(7-5-26)19(28)20-10-15-8-16(11-20)13-21(29,12-15)14-20/h1-3,9,15-16,29H,4-8,10-14H2/t15-,16+,20?,21?. The fraction of sp³-hybridized carbons (Fsp3) is 0.682. The number of hydrogen-bond acceptors (Lipinski definition) is 3. The zero-order valence-electron chi connectivity index (χ0n) is 16.4. The minimum absolute atomic E-state index is 0.161. The van der Waals surface area contributed by atoms with Crippen LogP contribution in [-0.4, -0.2) is 47.7 Å². The second kappa shape index (κ2) is 6.37. The van der Waals surface area contributed by atoms with E-state index in [0.717, 1.165) is 38.2 Å². The lowest BCUT2D eigenvalue weighted by molar-refractivity contribution is -0.186. The summed E-state index contributed by atoms with van der Waals surface area (Å²) in [7, 11) is 0. The van der Waals surface area contributed by atoms with Crippen LogP contribution in [0.4, 0.5) is 18.9 Å². The average Bonchev–Trinajstić information content (AvgIpc) is 2.65. The average molecular weight is 408 g/mol. The topological polar surface area (TPSA) is 43.8 Å². The van der Waals surface area contributed by atoms with Crippen LogP contribution in [0.25, 0.3) is 0 Å². The third-order valence-corrected chi connectivity index (χ3v) is 7.59. The number of anilines is 1. The number of hydrogen-bond donors (Lipinski definition) is 1. The maximum atomic E-state index is 13.5. The SMILES string of the molecule is O=C(N1CCN(c2cccc(C(F)(F)F)c2)CC1)C12C[C@@H]3C[C@@H](CC(O)(C3)C1)C2. The van der Waals surface area contributed by atoms with E-state index in [2.05, 4.69) is 0 Å². The molecule has 0 aromatic heterocycles. The molecular formula is C22H27F3N2O2. The van der Waals surface area contributed by atoms with Gasteiger partial charge in [-0.25, -0.2) is 0 Å². The highest BCUT2D eigenvalue weighted by Gasteiger charge is 2.60. The summed E-state index contributed by atoms with van der Waals surface area (Å²) in [5, 5.41) is 10.9. The van der Waals surface area contributed by atoms with Crippen molar-refractivity contribution in [3.05, 3.63) is 29.8 Å². The summed E-state index contributed by atoms with van der Waals surface area (Å²) in [6.07, 6.45) is 0.813. The lowest BCUT2D eigenvalue weighted by atomic mass is 9.47. The van der Waals surface area contributed by atoms with Crippen molar-refractivity contribution in [2.45, 2.75) is 50.3 Å². The Kier molecular flexibility index (Phi) is 4.22. The zero-order chi connectivity index (χ0) is 20.4. The van der Waals surface area contributed by atoms with Gasteiger partial charge in [0.15, 0.2) is 0 Å². The van der Waals surface area contributed by atoms with E-state index in [1.54, 1.807) is 6.07 Å². The molecule has 4 aliphatic carbocycles. The van der Waals surface area contributed by atoms with Crippen molar-refractivity contribution < 1.29 is 23.1 Å².